The van der Waals surface area contributed by atoms with Crippen LogP contribution in [0.3, 0.4) is 0 Å². The van der Waals surface area contributed by atoms with Gasteiger partial charge in [0.25, 0.3) is 0 Å². The predicted octanol–water partition coefficient (Wildman–Crippen LogP) is -0.652. The van der Waals surface area contributed by atoms with Gasteiger partial charge in [0, 0.05) is 12.3 Å². The van der Waals surface area contributed by atoms with Gasteiger partial charge in [0.1, 0.15) is 0 Å². The van der Waals surface area contributed by atoms with Crippen LogP contribution < -0.4 is 5.73 Å². The summed E-state index contributed by atoms with van der Waals surface area (Å²) in [7, 11) is -3.11. The fraction of sp³-hybridized carbons (Fsp3) is 0.700. The molecule has 0 aliphatic carbocycles. The minimum absolute atomic E-state index is 0.0350. The summed E-state index contributed by atoms with van der Waals surface area (Å²) in [6, 6.07) is 0. The Hall–Kier alpha value is -1.48. The Labute approximate surface area is 111 Å². The van der Waals surface area contributed by atoms with Gasteiger partial charge in [-0.05, 0) is 6.92 Å². The molecule has 0 aliphatic heterocycles. The van der Waals surface area contributed by atoms with E-state index >= 15 is 0 Å². The van der Waals surface area contributed by atoms with E-state index in [1.54, 1.807) is 13.8 Å². The molecule has 19 heavy (non-hydrogen) atoms. The smallest absolute Gasteiger partial charge is 0.360 e. The molecule has 0 radical (unpaired) electrons. The van der Waals surface area contributed by atoms with Crippen molar-refractivity contribution in [2.45, 2.75) is 26.9 Å². The number of aryl methyl sites for hydroxylation is 1. The molecule has 0 saturated heterocycles. The summed E-state index contributed by atoms with van der Waals surface area (Å²) in [4.78, 5) is 11.6. The molecule has 0 aliphatic rings. The lowest BCUT2D eigenvalue weighted by Gasteiger charge is -2.05. The highest BCUT2D eigenvalue weighted by Gasteiger charge is 2.20. The first-order valence-electron chi connectivity index (χ1n) is 5.95. The molecule has 0 atom stereocenters. The minimum Gasteiger partial charge on any atom is -0.461 e. The lowest BCUT2D eigenvalue weighted by Crippen LogP contribution is -2.19. The van der Waals surface area contributed by atoms with Crippen molar-refractivity contribution >= 4 is 15.8 Å². The van der Waals surface area contributed by atoms with Crippen LogP contribution in [0.2, 0.25) is 0 Å². The van der Waals surface area contributed by atoms with Gasteiger partial charge in [-0.2, -0.15) is 0 Å². The van der Waals surface area contributed by atoms with Crippen LogP contribution in [0.1, 0.15) is 30.0 Å². The van der Waals surface area contributed by atoms with Crippen LogP contribution in [-0.2, 0) is 27.7 Å². The lowest BCUT2D eigenvalue weighted by atomic mass is 10.3. The Kier molecular flexibility index (Phi) is 5.43. The number of nitrogens with zero attached hydrogens (tertiary/aromatic N) is 3. The summed E-state index contributed by atoms with van der Waals surface area (Å²) in [5.41, 5.74) is 5.96. The monoisotopic (exact) mass is 290 g/mol. The SMILES string of the molecule is CCOC(=O)c1nnn(CCS(=O)(=O)CC)c1CN. The number of ether oxygens (including phenoxy) is 1. The third kappa shape index (κ3) is 4.00. The number of carbonyl (C=O) groups excluding carboxylic acids is 1. The summed E-state index contributed by atoms with van der Waals surface area (Å²) < 4.78 is 29.0. The second-order valence-corrected chi connectivity index (χ2v) is 6.24. The van der Waals surface area contributed by atoms with Crippen molar-refractivity contribution in [2.75, 3.05) is 18.1 Å². The van der Waals surface area contributed by atoms with Gasteiger partial charge in [-0.15, -0.1) is 5.10 Å². The molecule has 108 valence electrons. The first-order valence-corrected chi connectivity index (χ1v) is 7.77. The number of hydrogen-bond donors (Lipinski definition) is 1. The topological polar surface area (TPSA) is 117 Å². The van der Waals surface area contributed by atoms with E-state index in [2.05, 4.69) is 10.3 Å². The van der Waals surface area contributed by atoms with Gasteiger partial charge in [0.15, 0.2) is 15.5 Å². The third-order valence-corrected chi connectivity index (χ3v) is 4.24. The molecule has 0 fully saturated rings. The number of esters is 1. The quantitative estimate of drug-likeness (QED) is 0.663. The fourth-order valence-electron chi connectivity index (χ4n) is 1.44. The summed E-state index contributed by atoms with van der Waals surface area (Å²) in [6.45, 7) is 3.63. The highest BCUT2D eigenvalue weighted by molar-refractivity contribution is 7.91. The average molecular weight is 290 g/mol. The van der Waals surface area contributed by atoms with E-state index < -0.39 is 15.8 Å². The van der Waals surface area contributed by atoms with Crippen molar-refractivity contribution < 1.29 is 17.9 Å². The second-order valence-electron chi connectivity index (χ2n) is 3.77. The Morgan fingerprint density at radius 3 is 2.63 bits per heavy atom. The average Bonchev–Trinajstić information content (AvgIpc) is 2.79. The maximum Gasteiger partial charge on any atom is 0.360 e. The van der Waals surface area contributed by atoms with Crippen LogP contribution in [-0.4, -0.2) is 47.5 Å². The van der Waals surface area contributed by atoms with Crippen molar-refractivity contribution in [2.24, 2.45) is 5.73 Å². The van der Waals surface area contributed by atoms with Crippen molar-refractivity contribution in [3.8, 4) is 0 Å². The predicted molar refractivity (Wildman–Crippen MR) is 68.2 cm³/mol. The molecule has 0 amide bonds. The van der Waals surface area contributed by atoms with E-state index in [0.717, 1.165) is 0 Å². The van der Waals surface area contributed by atoms with Crippen LogP contribution in [0.15, 0.2) is 0 Å². The number of aromatic nitrogens is 3. The van der Waals surface area contributed by atoms with E-state index in [1.807, 2.05) is 0 Å². The van der Waals surface area contributed by atoms with E-state index in [-0.39, 0.29) is 36.9 Å². The van der Waals surface area contributed by atoms with Gasteiger partial charge in [0.05, 0.1) is 24.6 Å². The molecule has 0 spiro atoms. The molecule has 1 rings (SSSR count). The summed E-state index contributed by atoms with van der Waals surface area (Å²) in [5.74, 6) is -0.612. The Morgan fingerprint density at radius 1 is 1.42 bits per heavy atom. The van der Waals surface area contributed by atoms with Gasteiger partial charge >= 0.3 is 5.97 Å². The maximum atomic E-state index is 11.6. The first kappa shape index (κ1) is 15.6. The number of rotatable bonds is 7. The highest BCUT2D eigenvalue weighted by Crippen LogP contribution is 2.07. The number of sulfone groups is 1. The van der Waals surface area contributed by atoms with E-state index in [0.29, 0.717) is 5.69 Å². The molecular weight excluding hydrogens is 272 g/mol. The van der Waals surface area contributed by atoms with Crippen molar-refractivity contribution in [3.63, 3.8) is 0 Å². The molecule has 8 nitrogen and oxygen atoms in total. The van der Waals surface area contributed by atoms with Crippen LogP contribution in [0, 0.1) is 0 Å². The Bertz CT molecular complexity index is 538. The third-order valence-electron chi connectivity index (χ3n) is 2.55. The maximum absolute atomic E-state index is 11.6. The molecule has 0 bridgehead atoms. The number of hydrogen-bond acceptors (Lipinski definition) is 7. The van der Waals surface area contributed by atoms with E-state index in [4.69, 9.17) is 10.5 Å². The first-order chi connectivity index (χ1) is 8.95. The number of carbonyl (C=O) groups is 1. The Balaban J connectivity index is 2.89. The molecule has 9 heteroatoms. The zero-order chi connectivity index (χ0) is 14.5. The number of nitrogens with two attached hydrogens (primary N) is 1. The van der Waals surface area contributed by atoms with Gasteiger partial charge in [-0.25, -0.2) is 17.9 Å². The summed E-state index contributed by atoms with van der Waals surface area (Å²) in [6.07, 6.45) is 0. The molecule has 0 aromatic carbocycles. The van der Waals surface area contributed by atoms with Crippen LogP contribution in [0.4, 0.5) is 0 Å². The molecule has 1 heterocycles. The zero-order valence-corrected chi connectivity index (χ0v) is 11.8. The van der Waals surface area contributed by atoms with Crippen molar-refractivity contribution in [1.82, 2.24) is 15.0 Å². The Morgan fingerprint density at radius 2 is 2.11 bits per heavy atom. The van der Waals surface area contributed by atoms with Gasteiger partial charge in [-0.3, -0.25) is 0 Å². The minimum atomic E-state index is -3.11. The van der Waals surface area contributed by atoms with Crippen LogP contribution in [0.5, 0.6) is 0 Å². The summed E-state index contributed by atoms with van der Waals surface area (Å²) in [5, 5.41) is 7.44. The zero-order valence-electron chi connectivity index (χ0n) is 11.0. The highest BCUT2D eigenvalue weighted by atomic mass is 32.2. The largest absolute Gasteiger partial charge is 0.461 e. The fourth-order valence-corrected chi connectivity index (χ4v) is 2.18. The molecular formula is C10H18N4O4S. The van der Waals surface area contributed by atoms with E-state index in [9.17, 15) is 13.2 Å². The molecule has 0 unspecified atom stereocenters. The van der Waals surface area contributed by atoms with Gasteiger partial charge < -0.3 is 10.5 Å². The lowest BCUT2D eigenvalue weighted by molar-refractivity contribution is 0.0518. The van der Waals surface area contributed by atoms with Crippen LogP contribution >= 0.6 is 0 Å². The molecule has 1 aromatic heterocycles. The van der Waals surface area contributed by atoms with E-state index in [1.165, 1.54) is 4.68 Å². The van der Waals surface area contributed by atoms with Crippen molar-refractivity contribution in [1.29, 1.82) is 0 Å². The standard InChI is InChI=1S/C10H18N4O4S/c1-3-18-10(15)9-8(7-11)14(13-12-9)5-6-19(16,17)4-2/h3-7,11H2,1-2H3. The normalized spacial score (nSPS) is 11.5. The van der Waals surface area contributed by atoms with Gasteiger partial charge in [-0.1, -0.05) is 12.1 Å². The molecule has 0 saturated carbocycles. The summed E-state index contributed by atoms with van der Waals surface area (Å²) >= 11 is 0. The van der Waals surface area contributed by atoms with Crippen molar-refractivity contribution in [3.05, 3.63) is 11.4 Å². The van der Waals surface area contributed by atoms with Crippen LogP contribution in [0.25, 0.3) is 0 Å². The molecule has 2 N–H and O–H groups in total. The molecule has 1 aromatic rings. The van der Waals surface area contributed by atoms with Gasteiger partial charge in [0.2, 0.25) is 0 Å². The second kappa shape index (κ2) is 6.62.